The SMILES string of the molecule is COCC(Br)CNC(=O)c1sccc1OC. The molecule has 0 aliphatic rings. The van der Waals surface area contributed by atoms with Gasteiger partial charge in [-0.2, -0.15) is 0 Å². The molecule has 0 aliphatic heterocycles. The van der Waals surface area contributed by atoms with E-state index in [4.69, 9.17) is 9.47 Å². The van der Waals surface area contributed by atoms with E-state index < -0.39 is 0 Å². The summed E-state index contributed by atoms with van der Waals surface area (Å²) >= 11 is 4.76. The van der Waals surface area contributed by atoms with Gasteiger partial charge in [-0.25, -0.2) is 0 Å². The third-order valence-electron chi connectivity index (χ3n) is 1.89. The van der Waals surface area contributed by atoms with Gasteiger partial charge in [0.1, 0.15) is 10.6 Å². The molecule has 90 valence electrons. The topological polar surface area (TPSA) is 47.6 Å². The van der Waals surface area contributed by atoms with Crippen molar-refractivity contribution < 1.29 is 14.3 Å². The third kappa shape index (κ3) is 3.77. The summed E-state index contributed by atoms with van der Waals surface area (Å²) in [6, 6.07) is 1.78. The lowest BCUT2D eigenvalue weighted by Gasteiger charge is -2.09. The predicted octanol–water partition coefficient (Wildman–Crippen LogP) is 1.90. The maximum Gasteiger partial charge on any atom is 0.265 e. The number of alkyl halides is 1. The molecule has 0 fully saturated rings. The molecule has 1 atom stereocenters. The van der Waals surface area contributed by atoms with E-state index in [9.17, 15) is 4.79 Å². The molecule has 1 aromatic rings. The molecule has 4 nitrogen and oxygen atoms in total. The van der Waals surface area contributed by atoms with Crippen molar-refractivity contribution >= 4 is 33.2 Å². The minimum Gasteiger partial charge on any atom is -0.495 e. The maximum absolute atomic E-state index is 11.8. The van der Waals surface area contributed by atoms with Gasteiger partial charge in [-0.1, -0.05) is 15.9 Å². The Morgan fingerprint density at radius 1 is 1.62 bits per heavy atom. The van der Waals surface area contributed by atoms with E-state index in [1.165, 1.54) is 11.3 Å². The number of thiophene rings is 1. The highest BCUT2D eigenvalue weighted by molar-refractivity contribution is 9.09. The summed E-state index contributed by atoms with van der Waals surface area (Å²) in [7, 11) is 3.18. The standard InChI is InChI=1S/C10H14BrNO3S/c1-14-6-7(11)5-12-10(13)9-8(15-2)3-4-16-9/h3-4,7H,5-6H2,1-2H3,(H,12,13). The zero-order chi connectivity index (χ0) is 12.0. The van der Waals surface area contributed by atoms with Crippen LogP contribution in [-0.4, -0.2) is 38.1 Å². The Labute approximate surface area is 107 Å². The molecule has 16 heavy (non-hydrogen) atoms. The Morgan fingerprint density at radius 3 is 3.00 bits per heavy atom. The van der Waals surface area contributed by atoms with Gasteiger partial charge in [0.15, 0.2) is 0 Å². The van der Waals surface area contributed by atoms with Crippen LogP contribution in [0.15, 0.2) is 11.4 Å². The summed E-state index contributed by atoms with van der Waals surface area (Å²) in [6.07, 6.45) is 0. The number of hydrogen-bond acceptors (Lipinski definition) is 4. The highest BCUT2D eigenvalue weighted by Gasteiger charge is 2.14. The largest absolute Gasteiger partial charge is 0.495 e. The van der Waals surface area contributed by atoms with Crippen molar-refractivity contribution in [2.24, 2.45) is 0 Å². The van der Waals surface area contributed by atoms with E-state index in [2.05, 4.69) is 21.2 Å². The number of methoxy groups -OCH3 is 2. The van der Waals surface area contributed by atoms with Gasteiger partial charge in [0, 0.05) is 13.7 Å². The summed E-state index contributed by atoms with van der Waals surface area (Å²) < 4.78 is 10.0. The maximum atomic E-state index is 11.8. The van der Waals surface area contributed by atoms with Crippen LogP contribution in [0.5, 0.6) is 5.75 Å². The zero-order valence-corrected chi connectivity index (χ0v) is 11.6. The fourth-order valence-electron chi connectivity index (χ4n) is 1.15. The minimum absolute atomic E-state index is 0.118. The van der Waals surface area contributed by atoms with Crippen molar-refractivity contribution in [3.63, 3.8) is 0 Å². The van der Waals surface area contributed by atoms with Crippen molar-refractivity contribution in [1.82, 2.24) is 5.32 Å². The van der Waals surface area contributed by atoms with E-state index in [0.29, 0.717) is 23.8 Å². The first-order chi connectivity index (χ1) is 7.69. The van der Waals surface area contributed by atoms with Crippen LogP contribution in [0.1, 0.15) is 9.67 Å². The van der Waals surface area contributed by atoms with Crippen LogP contribution < -0.4 is 10.1 Å². The molecule has 0 spiro atoms. The van der Waals surface area contributed by atoms with Crippen LogP contribution >= 0.6 is 27.3 Å². The van der Waals surface area contributed by atoms with Crippen molar-refractivity contribution in [3.8, 4) is 5.75 Å². The van der Waals surface area contributed by atoms with Crippen LogP contribution in [0.3, 0.4) is 0 Å². The highest BCUT2D eigenvalue weighted by atomic mass is 79.9. The average molecular weight is 308 g/mol. The van der Waals surface area contributed by atoms with Crippen molar-refractivity contribution in [2.45, 2.75) is 4.83 Å². The zero-order valence-electron chi connectivity index (χ0n) is 9.16. The normalized spacial score (nSPS) is 12.2. The van der Waals surface area contributed by atoms with Crippen LogP contribution in [0.4, 0.5) is 0 Å². The molecular weight excluding hydrogens is 294 g/mol. The van der Waals surface area contributed by atoms with Crippen LogP contribution in [0, 0.1) is 0 Å². The Hall–Kier alpha value is -0.590. The molecule has 0 radical (unpaired) electrons. The molecule has 0 aromatic carbocycles. The lowest BCUT2D eigenvalue weighted by atomic mass is 10.4. The molecule has 6 heteroatoms. The van der Waals surface area contributed by atoms with E-state index in [1.807, 2.05) is 5.38 Å². The van der Waals surface area contributed by atoms with E-state index in [1.54, 1.807) is 20.3 Å². The molecule has 0 saturated heterocycles. The molecule has 1 aromatic heterocycles. The second-order valence-corrected chi connectivity index (χ2v) is 5.29. The Bertz CT molecular complexity index is 343. The van der Waals surface area contributed by atoms with Gasteiger partial charge in [-0.15, -0.1) is 11.3 Å². The number of hydrogen-bond donors (Lipinski definition) is 1. The Morgan fingerprint density at radius 2 is 2.38 bits per heavy atom. The molecule has 1 rings (SSSR count). The minimum atomic E-state index is -0.118. The Kier molecular flexibility index (Phi) is 5.79. The summed E-state index contributed by atoms with van der Waals surface area (Å²) in [5, 5.41) is 4.64. The fraction of sp³-hybridized carbons (Fsp3) is 0.500. The third-order valence-corrected chi connectivity index (χ3v) is 3.37. The first-order valence-electron chi connectivity index (χ1n) is 4.71. The second kappa shape index (κ2) is 6.88. The molecule has 1 N–H and O–H groups in total. The molecule has 0 saturated carbocycles. The smallest absolute Gasteiger partial charge is 0.265 e. The van der Waals surface area contributed by atoms with E-state index in [0.717, 1.165) is 0 Å². The molecule has 1 unspecified atom stereocenters. The van der Waals surface area contributed by atoms with Gasteiger partial charge in [0.25, 0.3) is 5.91 Å². The van der Waals surface area contributed by atoms with Crippen molar-refractivity contribution in [3.05, 3.63) is 16.3 Å². The first-order valence-corrected chi connectivity index (χ1v) is 6.51. The first kappa shape index (κ1) is 13.5. The van der Waals surface area contributed by atoms with Gasteiger partial charge < -0.3 is 14.8 Å². The highest BCUT2D eigenvalue weighted by Crippen LogP contribution is 2.23. The Balaban J connectivity index is 2.46. The lowest BCUT2D eigenvalue weighted by molar-refractivity contribution is 0.0951. The molecular formula is C10H14BrNO3S. The second-order valence-electron chi connectivity index (χ2n) is 3.08. The number of halogens is 1. The van der Waals surface area contributed by atoms with Gasteiger partial charge in [-0.3, -0.25) is 4.79 Å². The monoisotopic (exact) mass is 307 g/mol. The average Bonchev–Trinajstić information content (AvgIpc) is 2.74. The van der Waals surface area contributed by atoms with Gasteiger partial charge in [0.05, 0.1) is 18.5 Å². The summed E-state index contributed by atoms with van der Waals surface area (Å²) in [4.78, 5) is 12.5. The molecule has 1 amide bonds. The number of carbonyl (C=O) groups excluding carboxylic acids is 1. The van der Waals surface area contributed by atoms with Crippen LogP contribution in [-0.2, 0) is 4.74 Å². The summed E-state index contributed by atoms with van der Waals surface area (Å²) in [6.45, 7) is 1.08. The summed E-state index contributed by atoms with van der Waals surface area (Å²) in [5.74, 6) is 0.493. The molecule has 0 bridgehead atoms. The van der Waals surface area contributed by atoms with E-state index in [-0.39, 0.29) is 10.7 Å². The fourth-order valence-corrected chi connectivity index (χ4v) is 2.35. The van der Waals surface area contributed by atoms with Gasteiger partial charge >= 0.3 is 0 Å². The van der Waals surface area contributed by atoms with Crippen LogP contribution in [0.2, 0.25) is 0 Å². The number of ether oxygens (including phenoxy) is 2. The predicted molar refractivity (Wildman–Crippen MR) is 67.8 cm³/mol. The van der Waals surface area contributed by atoms with Crippen molar-refractivity contribution in [2.75, 3.05) is 27.4 Å². The molecule has 1 heterocycles. The quantitative estimate of drug-likeness (QED) is 0.817. The number of carbonyl (C=O) groups is 1. The van der Waals surface area contributed by atoms with Gasteiger partial charge in [-0.05, 0) is 11.4 Å². The summed E-state index contributed by atoms with van der Waals surface area (Å²) in [5.41, 5.74) is 0. The number of nitrogens with one attached hydrogen (secondary N) is 1. The van der Waals surface area contributed by atoms with Gasteiger partial charge in [0.2, 0.25) is 0 Å². The number of amides is 1. The lowest BCUT2D eigenvalue weighted by Crippen LogP contribution is -2.31. The molecule has 0 aliphatic carbocycles. The van der Waals surface area contributed by atoms with Crippen molar-refractivity contribution in [1.29, 1.82) is 0 Å². The number of rotatable bonds is 6. The van der Waals surface area contributed by atoms with E-state index >= 15 is 0 Å². The van der Waals surface area contributed by atoms with Crippen LogP contribution in [0.25, 0.3) is 0 Å².